The number of anilines is 6. The van der Waals surface area contributed by atoms with Crippen molar-refractivity contribution in [3.63, 3.8) is 0 Å². The number of rotatable bonds is 4. The normalized spacial score (nSPS) is 13.8. The molecule has 0 radical (unpaired) electrons. The lowest BCUT2D eigenvalue weighted by Crippen LogP contribution is -2.36. The Kier molecular flexibility index (Phi) is 7.59. The number of hydrogen-bond donors (Lipinski definition) is 0. The predicted molar refractivity (Wildman–Crippen MR) is 276 cm³/mol. The molecule has 0 saturated heterocycles. The molecule has 3 nitrogen and oxygen atoms in total. The first-order valence-corrected chi connectivity index (χ1v) is 23.1. The zero-order valence-corrected chi connectivity index (χ0v) is 37.0. The van der Waals surface area contributed by atoms with E-state index < -0.39 is 5.41 Å². The molecule has 1 aliphatic carbocycles. The monoisotopic (exact) mass is 844 g/mol. The molecule has 312 valence electrons. The third-order valence-electron chi connectivity index (χ3n) is 14.7. The van der Waals surface area contributed by atoms with Crippen molar-refractivity contribution in [3.8, 4) is 11.1 Å². The number of nitrogens with zero attached hydrogens (tertiary/aromatic N) is 2. The molecule has 14 rings (SSSR count). The first-order valence-electron chi connectivity index (χ1n) is 23.1. The second-order valence-electron chi connectivity index (χ2n) is 19.2. The van der Waals surface area contributed by atoms with Gasteiger partial charge in [-0.25, -0.2) is 0 Å². The minimum atomic E-state index is -0.540. The van der Waals surface area contributed by atoms with Gasteiger partial charge in [-0.3, -0.25) is 0 Å². The maximum Gasteiger partial charge on any atom is 0.159 e. The van der Waals surface area contributed by atoms with E-state index in [0.29, 0.717) is 0 Å². The van der Waals surface area contributed by atoms with Gasteiger partial charge in [-0.05, 0) is 121 Å². The van der Waals surface area contributed by atoms with E-state index in [1.165, 1.54) is 82.6 Å². The first-order chi connectivity index (χ1) is 32.4. The molecule has 2 heterocycles. The number of para-hydroxylation sites is 4. The van der Waals surface area contributed by atoms with Gasteiger partial charge in [0, 0.05) is 32.9 Å². The second-order valence-corrected chi connectivity index (χ2v) is 19.2. The molecule has 1 spiro atoms. The van der Waals surface area contributed by atoms with Crippen molar-refractivity contribution in [2.45, 2.75) is 31.6 Å². The molecular formula is C63H44N2O. The molecule has 0 atom stereocenters. The molecule has 0 unspecified atom stereocenters. The lowest BCUT2D eigenvalue weighted by molar-refractivity contribution is 0.590. The maximum absolute atomic E-state index is 6.80. The molecule has 12 aromatic rings. The minimum Gasteiger partial charge on any atom is -0.454 e. The highest BCUT2D eigenvalue weighted by atomic mass is 16.3. The van der Waals surface area contributed by atoms with Crippen LogP contribution < -0.4 is 9.80 Å². The standard InChI is InChI=1S/C63H44N2O/c1-62(2,3)41-31-33-43(34-32-41)64(56-26-15-21-47-46-20-9-14-27-57(46)66-61(47)56)54-37-30-39-28-36-49-59-40(29-35-48(54)58(39)59)38-53-60(49)65(42-16-5-4-6-17-42)55-25-13-12-24-52(55)63(53)50-22-10-7-18-44(50)45-19-8-11-23-51(45)63/h4-38H,1-3H3. The summed E-state index contributed by atoms with van der Waals surface area (Å²) in [5.41, 5.74) is 17.1. The van der Waals surface area contributed by atoms with E-state index in [9.17, 15) is 0 Å². The molecule has 3 heteroatoms. The zero-order chi connectivity index (χ0) is 43.9. The molecule has 0 fully saturated rings. The van der Waals surface area contributed by atoms with Crippen LogP contribution in [0.1, 0.15) is 48.6 Å². The number of benzene rings is 11. The SMILES string of the molecule is CC(C)(C)c1ccc(N(c2ccc3ccc4c5c(cc6ccc2c3c64)C2(c3ccccc3-c3ccccc32)c2ccccc2N5c2ccccc2)c2cccc3c2oc2ccccc23)cc1. The van der Waals surface area contributed by atoms with E-state index >= 15 is 0 Å². The summed E-state index contributed by atoms with van der Waals surface area (Å²) in [5.74, 6) is 0. The van der Waals surface area contributed by atoms with Gasteiger partial charge in [-0.2, -0.15) is 0 Å². The van der Waals surface area contributed by atoms with Crippen LogP contribution >= 0.6 is 0 Å². The smallest absolute Gasteiger partial charge is 0.159 e. The summed E-state index contributed by atoms with van der Waals surface area (Å²) in [6, 6.07) is 79.0. The van der Waals surface area contributed by atoms with Crippen LogP contribution in [0.15, 0.2) is 217 Å². The van der Waals surface area contributed by atoms with E-state index in [4.69, 9.17) is 4.42 Å². The second kappa shape index (κ2) is 13.4. The average Bonchev–Trinajstić information content (AvgIpc) is 3.89. The Balaban J connectivity index is 1.10. The summed E-state index contributed by atoms with van der Waals surface area (Å²) in [5, 5.41) is 9.61. The number of furan rings is 1. The predicted octanol–water partition coefficient (Wildman–Crippen LogP) is 17.4. The molecule has 0 N–H and O–H groups in total. The van der Waals surface area contributed by atoms with E-state index in [-0.39, 0.29) is 5.41 Å². The van der Waals surface area contributed by atoms with Gasteiger partial charge in [0.15, 0.2) is 5.58 Å². The molecular weight excluding hydrogens is 801 g/mol. The first kappa shape index (κ1) is 37.3. The maximum atomic E-state index is 6.80. The van der Waals surface area contributed by atoms with Crippen molar-refractivity contribution in [1.82, 2.24) is 0 Å². The summed E-state index contributed by atoms with van der Waals surface area (Å²) < 4.78 is 6.80. The van der Waals surface area contributed by atoms with Crippen LogP contribution in [-0.2, 0) is 10.8 Å². The molecule has 2 aliphatic rings. The molecule has 11 aromatic carbocycles. The van der Waals surface area contributed by atoms with Crippen LogP contribution in [0, 0.1) is 0 Å². The van der Waals surface area contributed by atoms with E-state index in [1.54, 1.807) is 0 Å². The molecule has 0 bridgehead atoms. The summed E-state index contributed by atoms with van der Waals surface area (Å²) in [6.45, 7) is 6.83. The number of hydrogen-bond acceptors (Lipinski definition) is 3. The van der Waals surface area contributed by atoms with Crippen LogP contribution in [0.4, 0.5) is 34.1 Å². The van der Waals surface area contributed by atoms with Crippen molar-refractivity contribution < 1.29 is 4.42 Å². The highest BCUT2D eigenvalue weighted by Gasteiger charge is 2.52. The van der Waals surface area contributed by atoms with E-state index in [2.05, 4.69) is 243 Å². The van der Waals surface area contributed by atoms with Gasteiger partial charge < -0.3 is 14.2 Å². The Morgan fingerprint density at radius 1 is 0.455 bits per heavy atom. The van der Waals surface area contributed by atoms with Crippen LogP contribution in [0.5, 0.6) is 0 Å². The summed E-state index contributed by atoms with van der Waals surface area (Å²) in [7, 11) is 0. The van der Waals surface area contributed by atoms with Crippen molar-refractivity contribution in [3.05, 3.63) is 240 Å². The lowest BCUT2D eigenvalue weighted by Gasteiger charge is -2.45. The highest BCUT2D eigenvalue weighted by molar-refractivity contribution is 6.29. The van der Waals surface area contributed by atoms with Crippen molar-refractivity contribution in [2.75, 3.05) is 9.80 Å². The van der Waals surface area contributed by atoms with Gasteiger partial charge in [-0.15, -0.1) is 0 Å². The van der Waals surface area contributed by atoms with Gasteiger partial charge in [0.05, 0.1) is 28.2 Å². The third-order valence-corrected chi connectivity index (χ3v) is 14.7. The van der Waals surface area contributed by atoms with Gasteiger partial charge in [-0.1, -0.05) is 178 Å². The molecule has 66 heavy (non-hydrogen) atoms. The Morgan fingerprint density at radius 2 is 1.08 bits per heavy atom. The van der Waals surface area contributed by atoms with Gasteiger partial charge in [0.25, 0.3) is 0 Å². The van der Waals surface area contributed by atoms with Crippen molar-refractivity contribution in [1.29, 1.82) is 0 Å². The van der Waals surface area contributed by atoms with E-state index in [0.717, 1.165) is 44.7 Å². The summed E-state index contributed by atoms with van der Waals surface area (Å²) in [6.07, 6.45) is 0. The topological polar surface area (TPSA) is 19.6 Å². The highest BCUT2D eigenvalue weighted by Crippen LogP contribution is 2.65. The van der Waals surface area contributed by atoms with Crippen molar-refractivity contribution in [2.24, 2.45) is 0 Å². The Morgan fingerprint density at radius 3 is 1.85 bits per heavy atom. The quantitative estimate of drug-likeness (QED) is 0.165. The van der Waals surface area contributed by atoms with Crippen LogP contribution in [0.2, 0.25) is 0 Å². The largest absolute Gasteiger partial charge is 0.454 e. The summed E-state index contributed by atoms with van der Waals surface area (Å²) in [4.78, 5) is 4.96. The third kappa shape index (κ3) is 4.92. The Bertz CT molecular complexity index is 3880. The fourth-order valence-corrected chi connectivity index (χ4v) is 11.9. The molecule has 1 aromatic heterocycles. The molecule has 1 aliphatic heterocycles. The minimum absolute atomic E-state index is 0.0175. The van der Waals surface area contributed by atoms with Gasteiger partial charge in [0.2, 0.25) is 0 Å². The summed E-state index contributed by atoms with van der Waals surface area (Å²) >= 11 is 0. The van der Waals surface area contributed by atoms with Gasteiger partial charge in [0.1, 0.15) is 5.58 Å². The zero-order valence-electron chi connectivity index (χ0n) is 37.0. The van der Waals surface area contributed by atoms with Crippen LogP contribution in [-0.4, -0.2) is 0 Å². The number of fused-ring (bicyclic) bond motifs is 13. The fourth-order valence-electron chi connectivity index (χ4n) is 11.9. The lowest BCUT2D eigenvalue weighted by atomic mass is 9.64. The van der Waals surface area contributed by atoms with Crippen LogP contribution in [0.3, 0.4) is 0 Å². The van der Waals surface area contributed by atoms with Crippen molar-refractivity contribution >= 4 is 88.4 Å². The average molecular weight is 845 g/mol. The van der Waals surface area contributed by atoms with E-state index in [1.807, 2.05) is 0 Å². The fraction of sp³-hybridized carbons (Fsp3) is 0.0794. The Hall–Kier alpha value is -8.14. The molecule has 0 amide bonds. The Labute approximate surface area is 383 Å². The van der Waals surface area contributed by atoms with Crippen LogP contribution in [0.25, 0.3) is 65.4 Å². The van der Waals surface area contributed by atoms with Gasteiger partial charge >= 0.3 is 0 Å². The molecule has 0 saturated carbocycles.